The molecule has 0 radical (unpaired) electrons. The number of carbonyl (C=O) groups is 2. The molecule has 7 heteroatoms. The second-order valence-electron chi connectivity index (χ2n) is 7.45. The molecule has 6 nitrogen and oxygen atoms in total. The van der Waals surface area contributed by atoms with E-state index in [1.807, 2.05) is 6.07 Å². The number of benzene rings is 2. The lowest BCUT2D eigenvalue weighted by molar-refractivity contribution is 0.0597. The Morgan fingerprint density at radius 2 is 1.87 bits per heavy atom. The molecule has 1 fully saturated rings. The zero-order chi connectivity index (χ0) is 21.5. The molecule has 0 saturated carbocycles. The summed E-state index contributed by atoms with van der Waals surface area (Å²) < 4.78 is 23.3. The average Bonchev–Trinajstić information content (AvgIpc) is 2.77. The number of halogens is 1. The predicted octanol–water partition coefficient (Wildman–Crippen LogP) is 3.79. The number of esters is 1. The van der Waals surface area contributed by atoms with Crippen LogP contribution >= 0.6 is 0 Å². The Morgan fingerprint density at radius 3 is 2.53 bits per heavy atom. The van der Waals surface area contributed by atoms with Crippen molar-refractivity contribution in [2.24, 2.45) is 5.92 Å². The molecule has 1 aliphatic rings. The van der Waals surface area contributed by atoms with Crippen LogP contribution in [0.4, 0.5) is 9.18 Å². The van der Waals surface area contributed by atoms with E-state index in [-0.39, 0.29) is 11.8 Å². The van der Waals surface area contributed by atoms with Crippen molar-refractivity contribution in [3.8, 4) is 5.75 Å². The first-order valence-electron chi connectivity index (χ1n) is 10.0. The maximum atomic E-state index is 13.4. The van der Waals surface area contributed by atoms with Gasteiger partial charge in [0.25, 0.3) is 0 Å². The first-order valence-corrected chi connectivity index (χ1v) is 10.0. The van der Waals surface area contributed by atoms with Crippen molar-refractivity contribution in [1.82, 2.24) is 10.2 Å². The van der Waals surface area contributed by atoms with Gasteiger partial charge < -0.3 is 19.7 Å². The number of urea groups is 1. The van der Waals surface area contributed by atoms with Crippen LogP contribution in [0.25, 0.3) is 0 Å². The third-order valence-electron chi connectivity index (χ3n) is 5.43. The van der Waals surface area contributed by atoms with Crippen LogP contribution in [-0.4, -0.2) is 44.2 Å². The minimum absolute atomic E-state index is 0.130. The van der Waals surface area contributed by atoms with Crippen molar-refractivity contribution < 1.29 is 23.5 Å². The van der Waals surface area contributed by atoms with Gasteiger partial charge in [0.15, 0.2) is 0 Å². The van der Waals surface area contributed by atoms with Gasteiger partial charge in [-0.15, -0.1) is 0 Å². The smallest absolute Gasteiger partial charge is 0.341 e. The highest BCUT2D eigenvalue weighted by Crippen LogP contribution is 2.23. The Bertz CT molecular complexity index is 895. The number of nitrogens with one attached hydrogen (secondary N) is 1. The second-order valence-corrected chi connectivity index (χ2v) is 7.45. The second kappa shape index (κ2) is 10.1. The van der Waals surface area contributed by atoms with Gasteiger partial charge >= 0.3 is 12.0 Å². The van der Waals surface area contributed by atoms with E-state index in [9.17, 15) is 14.0 Å². The van der Waals surface area contributed by atoms with Crippen molar-refractivity contribution >= 4 is 12.0 Å². The number of hydrogen-bond donors (Lipinski definition) is 1. The SMILES string of the molecule is COC(=O)c1cc(CNC(=O)N2CCC(Cc3cccc(F)c3)CC2)ccc1OC. The molecule has 0 unspecified atom stereocenters. The first kappa shape index (κ1) is 21.6. The Labute approximate surface area is 176 Å². The molecule has 160 valence electrons. The van der Waals surface area contributed by atoms with Crippen molar-refractivity contribution in [3.63, 3.8) is 0 Å². The van der Waals surface area contributed by atoms with Crippen molar-refractivity contribution in [2.75, 3.05) is 27.3 Å². The molecule has 30 heavy (non-hydrogen) atoms. The Balaban J connectivity index is 1.50. The van der Waals surface area contributed by atoms with E-state index in [0.717, 1.165) is 30.4 Å². The van der Waals surface area contributed by atoms with Crippen LogP contribution in [0.3, 0.4) is 0 Å². The molecular formula is C23H27FN2O4. The fraction of sp³-hybridized carbons (Fsp3) is 0.391. The fourth-order valence-electron chi connectivity index (χ4n) is 3.76. The molecule has 2 aromatic carbocycles. The third-order valence-corrected chi connectivity index (χ3v) is 5.43. The molecule has 0 bridgehead atoms. The van der Waals surface area contributed by atoms with E-state index >= 15 is 0 Å². The maximum Gasteiger partial charge on any atom is 0.341 e. The normalized spacial score (nSPS) is 14.3. The molecule has 1 aliphatic heterocycles. The van der Waals surface area contributed by atoms with Gasteiger partial charge in [-0.1, -0.05) is 18.2 Å². The van der Waals surface area contributed by atoms with Crippen LogP contribution in [0.1, 0.15) is 34.3 Å². The van der Waals surface area contributed by atoms with E-state index in [0.29, 0.717) is 36.9 Å². The van der Waals surface area contributed by atoms with E-state index in [4.69, 9.17) is 9.47 Å². The number of rotatable bonds is 6. The molecule has 2 aromatic rings. The van der Waals surface area contributed by atoms with Gasteiger partial charge in [0, 0.05) is 19.6 Å². The summed E-state index contributed by atoms with van der Waals surface area (Å²) in [5.74, 6) is 0.177. The standard InChI is InChI=1S/C23H27FN2O4/c1-29-21-7-6-18(14-20(21)22(27)30-2)15-25-23(28)26-10-8-16(9-11-26)12-17-4-3-5-19(24)13-17/h3-7,13-14,16H,8-12,15H2,1-2H3,(H,25,28). The molecule has 0 spiro atoms. The number of amides is 2. The number of carbonyl (C=O) groups excluding carboxylic acids is 2. The zero-order valence-electron chi connectivity index (χ0n) is 17.3. The summed E-state index contributed by atoms with van der Waals surface area (Å²) in [6.45, 7) is 1.64. The van der Waals surface area contributed by atoms with Gasteiger partial charge in [0.1, 0.15) is 17.1 Å². The number of methoxy groups -OCH3 is 2. The molecule has 1 saturated heterocycles. The summed E-state index contributed by atoms with van der Waals surface area (Å²) in [4.78, 5) is 26.2. The average molecular weight is 414 g/mol. The minimum atomic E-state index is -0.486. The Hall–Kier alpha value is -3.09. The molecule has 1 N–H and O–H groups in total. The van der Waals surface area contributed by atoms with Crippen LogP contribution in [0, 0.1) is 11.7 Å². The first-order chi connectivity index (χ1) is 14.5. The molecule has 2 amide bonds. The monoisotopic (exact) mass is 414 g/mol. The van der Waals surface area contributed by atoms with Crippen molar-refractivity contribution in [3.05, 3.63) is 65.0 Å². The lowest BCUT2D eigenvalue weighted by Gasteiger charge is -2.32. The van der Waals surface area contributed by atoms with E-state index in [2.05, 4.69) is 5.32 Å². The van der Waals surface area contributed by atoms with Crippen LogP contribution in [0.15, 0.2) is 42.5 Å². The summed E-state index contributed by atoms with van der Waals surface area (Å²) in [5.41, 5.74) is 2.11. The van der Waals surface area contributed by atoms with Gasteiger partial charge in [0.2, 0.25) is 0 Å². The highest BCUT2D eigenvalue weighted by Gasteiger charge is 2.23. The lowest BCUT2D eigenvalue weighted by atomic mass is 9.90. The van der Waals surface area contributed by atoms with Crippen LogP contribution in [0.2, 0.25) is 0 Å². The number of ether oxygens (including phenoxy) is 2. The van der Waals surface area contributed by atoms with Crippen LogP contribution in [-0.2, 0) is 17.7 Å². The Kier molecular flexibility index (Phi) is 7.27. The zero-order valence-corrected chi connectivity index (χ0v) is 17.3. The number of hydrogen-bond acceptors (Lipinski definition) is 4. The summed E-state index contributed by atoms with van der Waals surface area (Å²) in [5, 5.41) is 2.91. The molecule has 1 heterocycles. The van der Waals surface area contributed by atoms with Gasteiger partial charge in [-0.25, -0.2) is 14.0 Å². The van der Waals surface area contributed by atoms with Gasteiger partial charge in [-0.3, -0.25) is 0 Å². The highest BCUT2D eigenvalue weighted by molar-refractivity contribution is 5.92. The van der Waals surface area contributed by atoms with E-state index in [1.54, 1.807) is 35.2 Å². The molecule has 0 aromatic heterocycles. The van der Waals surface area contributed by atoms with Crippen molar-refractivity contribution in [1.29, 1.82) is 0 Å². The van der Waals surface area contributed by atoms with Crippen LogP contribution in [0.5, 0.6) is 5.75 Å². The highest BCUT2D eigenvalue weighted by atomic mass is 19.1. The summed E-state index contributed by atoms with van der Waals surface area (Å²) in [7, 11) is 2.80. The summed E-state index contributed by atoms with van der Waals surface area (Å²) >= 11 is 0. The molecule has 0 atom stereocenters. The topological polar surface area (TPSA) is 67.9 Å². The van der Waals surface area contributed by atoms with E-state index < -0.39 is 5.97 Å². The Morgan fingerprint density at radius 1 is 1.10 bits per heavy atom. The third kappa shape index (κ3) is 5.49. The van der Waals surface area contributed by atoms with Gasteiger partial charge in [-0.05, 0) is 60.6 Å². The maximum absolute atomic E-state index is 13.4. The van der Waals surface area contributed by atoms with Gasteiger partial charge in [-0.2, -0.15) is 0 Å². The fourth-order valence-corrected chi connectivity index (χ4v) is 3.76. The largest absolute Gasteiger partial charge is 0.496 e. The molecular weight excluding hydrogens is 387 g/mol. The van der Waals surface area contributed by atoms with E-state index in [1.165, 1.54) is 20.3 Å². The summed E-state index contributed by atoms with van der Waals surface area (Å²) in [6, 6.07) is 11.7. The number of nitrogens with zero attached hydrogens (tertiary/aromatic N) is 1. The van der Waals surface area contributed by atoms with Gasteiger partial charge in [0.05, 0.1) is 14.2 Å². The van der Waals surface area contributed by atoms with Crippen molar-refractivity contribution in [2.45, 2.75) is 25.8 Å². The lowest BCUT2D eigenvalue weighted by Crippen LogP contribution is -2.44. The molecule has 0 aliphatic carbocycles. The predicted molar refractivity (Wildman–Crippen MR) is 111 cm³/mol. The summed E-state index contributed by atoms with van der Waals surface area (Å²) in [6.07, 6.45) is 2.60. The van der Waals surface area contributed by atoms with Crippen LogP contribution < -0.4 is 10.1 Å². The number of likely N-dealkylation sites (tertiary alicyclic amines) is 1. The molecule has 3 rings (SSSR count). The minimum Gasteiger partial charge on any atom is -0.496 e. The number of piperidine rings is 1. The quantitative estimate of drug-likeness (QED) is 0.731.